The van der Waals surface area contributed by atoms with E-state index in [-0.39, 0.29) is 5.82 Å². The Morgan fingerprint density at radius 3 is 2.83 bits per heavy atom. The molecule has 0 heterocycles. The molecule has 3 heteroatoms. The van der Waals surface area contributed by atoms with Crippen LogP contribution in [0.25, 0.3) is 5.32 Å². The second-order valence-corrected chi connectivity index (χ2v) is 2.43. The molecular weight excluding hydrogens is 157 g/mol. The molecule has 1 aromatic carbocycles. The van der Waals surface area contributed by atoms with Gasteiger partial charge in [-0.15, -0.1) is 6.54 Å². The van der Waals surface area contributed by atoms with Crippen LogP contribution in [-0.4, -0.2) is 14.2 Å². The first-order chi connectivity index (χ1) is 5.77. The third-order valence-corrected chi connectivity index (χ3v) is 1.58. The van der Waals surface area contributed by atoms with Crippen LogP contribution < -0.4 is 4.74 Å². The molecule has 0 fully saturated rings. The predicted octanol–water partition coefficient (Wildman–Crippen LogP) is 2.34. The molecule has 0 radical (unpaired) electrons. The molecule has 0 amide bonds. The number of rotatable bonds is 3. The Bertz CT molecular complexity index is 263. The van der Waals surface area contributed by atoms with Gasteiger partial charge in [0.2, 0.25) is 0 Å². The maximum Gasteiger partial charge on any atom is 0.124 e. The number of hydrogen-bond acceptors (Lipinski definition) is 1. The molecule has 0 aliphatic rings. The first kappa shape index (κ1) is 9.00. The highest BCUT2D eigenvalue weighted by Crippen LogP contribution is 2.17. The van der Waals surface area contributed by atoms with Gasteiger partial charge in [-0.3, -0.25) is 0 Å². The van der Waals surface area contributed by atoms with Crippen LogP contribution in [0, 0.1) is 5.82 Å². The monoisotopic (exact) mass is 168 g/mol. The number of methoxy groups -OCH3 is 1. The summed E-state index contributed by atoms with van der Waals surface area (Å²) in [4.78, 5) is 0. The van der Waals surface area contributed by atoms with E-state index >= 15 is 0 Å². The molecule has 0 aliphatic carbocycles. The Morgan fingerprint density at radius 1 is 1.50 bits per heavy atom. The first-order valence-electron chi connectivity index (χ1n) is 3.66. The standard InChI is InChI=1S/C9H11FNO/c1-11-6-7-5-8(12-2)3-4-9(7)10/h3-5H,6H2,1-2H3/q-1. The van der Waals surface area contributed by atoms with Gasteiger partial charge in [0.1, 0.15) is 11.6 Å². The summed E-state index contributed by atoms with van der Waals surface area (Å²) >= 11 is 0. The molecule has 1 aromatic rings. The second kappa shape index (κ2) is 4.07. The fourth-order valence-electron chi connectivity index (χ4n) is 0.970. The number of hydrogen-bond donors (Lipinski definition) is 0. The lowest BCUT2D eigenvalue weighted by molar-refractivity contribution is 0.413. The zero-order valence-corrected chi connectivity index (χ0v) is 7.17. The molecule has 0 spiro atoms. The van der Waals surface area contributed by atoms with Gasteiger partial charge in [-0.05, 0) is 23.8 Å². The van der Waals surface area contributed by atoms with Crippen molar-refractivity contribution in [3.8, 4) is 5.75 Å². The van der Waals surface area contributed by atoms with Crippen LogP contribution in [0.2, 0.25) is 0 Å². The van der Waals surface area contributed by atoms with Crippen molar-refractivity contribution in [2.24, 2.45) is 0 Å². The third-order valence-electron chi connectivity index (χ3n) is 1.58. The van der Waals surface area contributed by atoms with Crippen molar-refractivity contribution in [2.45, 2.75) is 6.54 Å². The van der Waals surface area contributed by atoms with Gasteiger partial charge in [0.15, 0.2) is 0 Å². The van der Waals surface area contributed by atoms with Crippen LogP contribution in [0.4, 0.5) is 4.39 Å². The van der Waals surface area contributed by atoms with Crippen molar-refractivity contribution in [3.63, 3.8) is 0 Å². The second-order valence-electron chi connectivity index (χ2n) is 2.43. The lowest BCUT2D eigenvalue weighted by Crippen LogP contribution is -1.91. The van der Waals surface area contributed by atoms with Crippen LogP contribution in [0.1, 0.15) is 5.56 Å². The van der Waals surface area contributed by atoms with Crippen LogP contribution in [0.5, 0.6) is 5.75 Å². The average Bonchev–Trinajstić information content (AvgIpc) is 2.09. The minimum atomic E-state index is -0.235. The van der Waals surface area contributed by atoms with Crippen molar-refractivity contribution < 1.29 is 9.13 Å². The highest BCUT2D eigenvalue weighted by Gasteiger charge is 1.98. The van der Waals surface area contributed by atoms with Gasteiger partial charge in [-0.1, -0.05) is 0 Å². The fourth-order valence-corrected chi connectivity index (χ4v) is 0.970. The lowest BCUT2D eigenvalue weighted by Gasteiger charge is -2.12. The van der Waals surface area contributed by atoms with Crippen LogP contribution in [0.3, 0.4) is 0 Å². The van der Waals surface area contributed by atoms with Gasteiger partial charge in [0.25, 0.3) is 0 Å². The molecule has 0 saturated carbocycles. The van der Waals surface area contributed by atoms with Gasteiger partial charge in [-0.2, -0.15) is 7.05 Å². The summed E-state index contributed by atoms with van der Waals surface area (Å²) in [5.74, 6) is 0.427. The van der Waals surface area contributed by atoms with Gasteiger partial charge < -0.3 is 10.1 Å². The summed E-state index contributed by atoms with van der Waals surface area (Å²) in [7, 11) is 3.21. The van der Waals surface area contributed by atoms with Gasteiger partial charge >= 0.3 is 0 Å². The van der Waals surface area contributed by atoms with Crippen molar-refractivity contribution in [1.82, 2.24) is 0 Å². The van der Waals surface area contributed by atoms with Crippen LogP contribution >= 0.6 is 0 Å². The van der Waals surface area contributed by atoms with Crippen LogP contribution in [0.15, 0.2) is 18.2 Å². The van der Waals surface area contributed by atoms with Crippen molar-refractivity contribution in [2.75, 3.05) is 14.2 Å². The van der Waals surface area contributed by atoms with E-state index in [0.29, 0.717) is 17.9 Å². The predicted molar refractivity (Wildman–Crippen MR) is 45.9 cm³/mol. The third kappa shape index (κ3) is 1.95. The molecule has 0 bridgehead atoms. The van der Waals surface area contributed by atoms with Gasteiger partial charge in [0.05, 0.1) is 7.11 Å². The number of halogens is 1. The lowest BCUT2D eigenvalue weighted by atomic mass is 10.2. The van der Waals surface area contributed by atoms with E-state index in [2.05, 4.69) is 5.32 Å². The summed E-state index contributed by atoms with van der Waals surface area (Å²) < 4.78 is 17.9. The SMILES string of the molecule is C[N-]Cc1cc(OC)ccc1F. The number of ether oxygens (including phenoxy) is 1. The molecule has 0 aromatic heterocycles. The Kier molecular flexibility index (Phi) is 3.05. The van der Waals surface area contributed by atoms with E-state index in [4.69, 9.17) is 4.74 Å². The molecule has 1 rings (SSSR count). The molecule has 12 heavy (non-hydrogen) atoms. The maximum atomic E-state index is 13.0. The normalized spacial score (nSPS) is 9.92. The Balaban J connectivity index is 2.91. The quantitative estimate of drug-likeness (QED) is 0.679. The Morgan fingerprint density at radius 2 is 2.25 bits per heavy atom. The average molecular weight is 168 g/mol. The van der Waals surface area contributed by atoms with Crippen LogP contribution in [-0.2, 0) is 6.54 Å². The molecule has 0 N–H and O–H groups in total. The largest absolute Gasteiger partial charge is 0.661 e. The van der Waals surface area contributed by atoms with E-state index in [9.17, 15) is 4.39 Å². The topological polar surface area (TPSA) is 23.3 Å². The molecular formula is C9H11FNO-. The summed E-state index contributed by atoms with van der Waals surface area (Å²) in [6.45, 7) is 0.392. The van der Waals surface area contributed by atoms with Crippen molar-refractivity contribution >= 4 is 0 Å². The molecule has 2 nitrogen and oxygen atoms in total. The smallest absolute Gasteiger partial charge is 0.124 e. The summed E-state index contributed by atoms with van der Waals surface area (Å²) in [6.07, 6.45) is 0. The highest BCUT2D eigenvalue weighted by molar-refractivity contribution is 5.30. The van der Waals surface area contributed by atoms with E-state index in [1.807, 2.05) is 0 Å². The first-order valence-corrected chi connectivity index (χ1v) is 3.66. The summed E-state index contributed by atoms with van der Waals surface area (Å²) in [6, 6.07) is 4.64. The van der Waals surface area contributed by atoms with E-state index in [0.717, 1.165) is 0 Å². The summed E-state index contributed by atoms with van der Waals surface area (Å²) in [5.41, 5.74) is 0.567. The summed E-state index contributed by atoms with van der Waals surface area (Å²) in [5, 5.41) is 3.85. The highest BCUT2D eigenvalue weighted by atomic mass is 19.1. The van der Waals surface area contributed by atoms with Crippen molar-refractivity contribution in [3.05, 3.63) is 34.9 Å². The maximum absolute atomic E-state index is 13.0. The molecule has 0 atom stereocenters. The van der Waals surface area contributed by atoms with E-state index in [1.165, 1.54) is 6.07 Å². The molecule has 0 saturated heterocycles. The molecule has 0 aliphatic heterocycles. The van der Waals surface area contributed by atoms with E-state index < -0.39 is 0 Å². The Hall–Kier alpha value is -1.09. The zero-order valence-electron chi connectivity index (χ0n) is 7.17. The molecule has 66 valence electrons. The fraction of sp³-hybridized carbons (Fsp3) is 0.333. The van der Waals surface area contributed by atoms with Gasteiger partial charge in [0, 0.05) is 0 Å². The minimum Gasteiger partial charge on any atom is -0.661 e. The van der Waals surface area contributed by atoms with Crippen molar-refractivity contribution in [1.29, 1.82) is 0 Å². The number of benzene rings is 1. The number of nitrogens with zero attached hydrogens (tertiary/aromatic N) is 1. The minimum absolute atomic E-state index is 0.235. The zero-order chi connectivity index (χ0) is 8.97. The van der Waals surface area contributed by atoms with Gasteiger partial charge in [-0.25, -0.2) is 4.39 Å². The Labute approximate surface area is 71.4 Å². The van der Waals surface area contributed by atoms with E-state index in [1.54, 1.807) is 26.3 Å². The molecule has 0 unspecified atom stereocenters.